The average Bonchev–Trinajstić information content (AvgIpc) is 2.86. The first kappa shape index (κ1) is 15.2. The monoisotopic (exact) mass is 316 g/mol. The SMILES string of the molecule is C[C@@H](C=O)Oc1cccc2c1CN(C1CCC(=O)NC1=O)C2=O. The van der Waals surface area contributed by atoms with Gasteiger partial charge in [-0.05, 0) is 25.5 Å². The van der Waals surface area contributed by atoms with Gasteiger partial charge in [-0.3, -0.25) is 24.5 Å². The first-order valence-electron chi connectivity index (χ1n) is 7.39. The van der Waals surface area contributed by atoms with Gasteiger partial charge in [-0.25, -0.2) is 0 Å². The standard InChI is InChI=1S/C16H16N2O5/c1-9(8-19)23-13-4-2-3-10-11(13)7-18(16(10)22)12-5-6-14(20)17-15(12)21/h2-4,8-9,12H,5-7H2,1H3,(H,17,20,21)/t9-,12?/m0/s1. The molecule has 0 aromatic heterocycles. The lowest BCUT2D eigenvalue weighted by molar-refractivity contribution is -0.136. The van der Waals surface area contributed by atoms with Crippen LogP contribution in [0.5, 0.6) is 5.75 Å². The molecule has 0 spiro atoms. The van der Waals surface area contributed by atoms with Crippen LogP contribution in [0, 0.1) is 0 Å². The van der Waals surface area contributed by atoms with Crippen LogP contribution in [0.1, 0.15) is 35.7 Å². The van der Waals surface area contributed by atoms with E-state index in [4.69, 9.17) is 4.74 Å². The van der Waals surface area contributed by atoms with Crippen LogP contribution in [0.4, 0.5) is 0 Å². The first-order valence-corrected chi connectivity index (χ1v) is 7.39. The highest BCUT2D eigenvalue weighted by molar-refractivity contribution is 6.05. The fraction of sp³-hybridized carbons (Fsp3) is 0.375. The number of imide groups is 1. The normalized spacial score (nSPS) is 21.7. The summed E-state index contributed by atoms with van der Waals surface area (Å²) in [6.45, 7) is 1.84. The lowest BCUT2D eigenvalue weighted by Crippen LogP contribution is -2.52. The Morgan fingerprint density at radius 2 is 2.13 bits per heavy atom. The number of ether oxygens (including phenoxy) is 1. The fourth-order valence-electron chi connectivity index (χ4n) is 2.90. The molecule has 0 aliphatic carbocycles. The smallest absolute Gasteiger partial charge is 0.255 e. The predicted molar refractivity (Wildman–Crippen MR) is 78.6 cm³/mol. The molecule has 120 valence electrons. The largest absolute Gasteiger partial charge is 0.483 e. The van der Waals surface area contributed by atoms with Gasteiger partial charge in [0.15, 0.2) is 12.4 Å². The van der Waals surface area contributed by atoms with Crippen molar-refractivity contribution in [3.05, 3.63) is 29.3 Å². The molecule has 0 saturated carbocycles. The maximum atomic E-state index is 12.6. The van der Waals surface area contributed by atoms with E-state index in [1.807, 2.05) is 0 Å². The van der Waals surface area contributed by atoms with Crippen LogP contribution in [-0.4, -0.2) is 41.1 Å². The van der Waals surface area contributed by atoms with Crippen molar-refractivity contribution in [2.75, 3.05) is 0 Å². The quantitative estimate of drug-likeness (QED) is 0.642. The van der Waals surface area contributed by atoms with E-state index in [9.17, 15) is 19.2 Å². The van der Waals surface area contributed by atoms with Crippen LogP contribution in [-0.2, 0) is 20.9 Å². The Morgan fingerprint density at radius 1 is 1.35 bits per heavy atom. The van der Waals surface area contributed by atoms with Crippen LogP contribution >= 0.6 is 0 Å². The van der Waals surface area contributed by atoms with Gasteiger partial charge in [-0.2, -0.15) is 0 Å². The molecule has 1 fully saturated rings. The zero-order valence-electron chi connectivity index (χ0n) is 12.6. The summed E-state index contributed by atoms with van der Waals surface area (Å²) in [6.07, 6.45) is 0.572. The van der Waals surface area contributed by atoms with Gasteiger partial charge in [-0.15, -0.1) is 0 Å². The molecule has 3 rings (SSSR count). The number of carbonyl (C=O) groups excluding carboxylic acids is 4. The third-order valence-electron chi connectivity index (χ3n) is 4.04. The number of benzene rings is 1. The van der Waals surface area contributed by atoms with Gasteiger partial charge in [-0.1, -0.05) is 6.07 Å². The van der Waals surface area contributed by atoms with Gasteiger partial charge in [0.1, 0.15) is 11.8 Å². The molecule has 3 amide bonds. The summed E-state index contributed by atoms with van der Waals surface area (Å²) >= 11 is 0. The van der Waals surface area contributed by atoms with E-state index in [0.717, 1.165) is 0 Å². The van der Waals surface area contributed by atoms with E-state index in [1.165, 1.54) is 4.90 Å². The molecule has 2 heterocycles. The Morgan fingerprint density at radius 3 is 2.83 bits per heavy atom. The highest BCUT2D eigenvalue weighted by Crippen LogP contribution is 2.33. The van der Waals surface area contributed by atoms with Crippen molar-refractivity contribution in [3.63, 3.8) is 0 Å². The Bertz CT molecular complexity index is 700. The summed E-state index contributed by atoms with van der Waals surface area (Å²) < 4.78 is 5.53. The third-order valence-corrected chi connectivity index (χ3v) is 4.04. The molecule has 7 heteroatoms. The number of aldehydes is 1. The van der Waals surface area contributed by atoms with Crippen LogP contribution in [0.15, 0.2) is 18.2 Å². The molecular formula is C16H16N2O5. The Hall–Kier alpha value is -2.70. The van der Waals surface area contributed by atoms with Crippen molar-refractivity contribution in [2.45, 2.75) is 38.5 Å². The molecule has 23 heavy (non-hydrogen) atoms. The number of carbonyl (C=O) groups is 4. The maximum Gasteiger partial charge on any atom is 0.255 e. The Labute approximate surface area is 132 Å². The molecule has 1 N–H and O–H groups in total. The minimum absolute atomic E-state index is 0.210. The van der Waals surface area contributed by atoms with Crippen LogP contribution in [0.25, 0.3) is 0 Å². The lowest BCUT2D eigenvalue weighted by Gasteiger charge is -2.29. The summed E-state index contributed by atoms with van der Waals surface area (Å²) in [7, 11) is 0. The van der Waals surface area contributed by atoms with Gasteiger partial charge in [0, 0.05) is 17.5 Å². The second-order valence-corrected chi connectivity index (χ2v) is 5.64. The molecule has 2 aliphatic heterocycles. The number of nitrogens with one attached hydrogen (secondary N) is 1. The number of rotatable bonds is 4. The molecular weight excluding hydrogens is 300 g/mol. The highest BCUT2D eigenvalue weighted by atomic mass is 16.5. The zero-order valence-corrected chi connectivity index (χ0v) is 12.6. The van der Waals surface area contributed by atoms with E-state index in [0.29, 0.717) is 29.6 Å². The number of hydrogen-bond donors (Lipinski definition) is 1. The van der Waals surface area contributed by atoms with Gasteiger partial charge in [0.2, 0.25) is 11.8 Å². The Balaban J connectivity index is 1.87. The summed E-state index contributed by atoms with van der Waals surface area (Å²) in [4.78, 5) is 48.0. The number of hydrogen-bond acceptors (Lipinski definition) is 5. The molecule has 1 unspecified atom stereocenters. The van der Waals surface area contributed by atoms with Crippen molar-refractivity contribution >= 4 is 24.0 Å². The second kappa shape index (κ2) is 5.83. The van der Waals surface area contributed by atoms with Crippen LogP contribution in [0.2, 0.25) is 0 Å². The molecule has 2 aliphatic rings. The second-order valence-electron chi connectivity index (χ2n) is 5.64. The maximum absolute atomic E-state index is 12.6. The van der Waals surface area contributed by atoms with E-state index < -0.39 is 18.1 Å². The van der Waals surface area contributed by atoms with Crippen LogP contribution < -0.4 is 10.1 Å². The molecule has 2 atom stereocenters. The zero-order chi connectivity index (χ0) is 16.6. The van der Waals surface area contributed by atoms with E-state index in [-0.39, 0.29) is 24.8 Å². The summed E-state index contributed by atoms with van der Waals surface area (Å²) in [5, 5.41) is 2.26. The van der Waals surface area contributed by atoms with Crippen molar-refractivity contribution in [1.82, 2.24) is 10.2 Å². The average molecular weight is 316 g/mol. The highest BCUT2D eigenvalue weighted by Gasteiger charge is 2.40. The number of nitrogens with zero attached hydrogens (tertiary/aromatic N) is 1. The summed E-state index contributed by atoms with van der Waals surface area (Å²) in [5.41, 5.74) is 1.13. The van der Waals surface area contributed by atoms with E-state index in [2.05, 4.69) is 5.32 Å². The van der Waals surface area contributed by atoms with E-state index >= 15 is 0 Å². The first-order chi connectivity index (χ1) is 11.0. The molecule has 0 radical (unpaired) electrons. The van der Waals surface area contributed by atoms with Crippen molar-refractivity contribution in [1.29, 1.82) is 0 Å². The predicted octanol–water partition coefficient (Wildman–Crippen LogP) is 0.414. The van der Waals surface area contributed by atoms with Crippen LogP contribution in [0.3, 0.4) is 0 Å². The fourth-order valence-corrected chi connectivity index (χ4v) is 2.90. The molecule has 7 nitrogen and oxygen atoms in total. The van der Waals surface area contributed by atoms with Gasteiger partial charge < -0.3 is 9.64 Å². The third kappa shape index (κ3) is 2.69. The molecule has 1 aromatic rings. The lowest BCUT2D eigenvalue weighted by atomic mass is 10.0. The van der Waals surface area contributed by atoms with Gasteiger partial charge in [0.05, 0.1) is 6.54 Å². The van der Waals surface area contributed by atoms with Crippen molar-refractivity contribution < 1.29 is 23.9 Å². The minimum atomic E-state index is -0.663. The minimum Gasteiger partial charge on any atom is -0.483 e. The Kier molecular flexibility index (Phi) is 3.85. The van der Waals surface area contributed by atoms with Crippen molar-refractivity contribution in [3.8, 4) is 5.75 Å². The van der Waals surface area contributed by atoms with Gasteiger partial charge >= 0.3 is 0 Å². The van der Waals surface area contributed by atoms with Gasteiger partial charge in [0.25, 0.3) is 5.91 Å². The topological polar surface area (TPSA) is 92.8 Å². The molecule has 0 bridgehead atoms. The number of amides is 3. The summed E-state index contributed by atoms with van der Waals surface area (Å²) in [5.74, 6) is -0.575. The number of piperidine rings is 1. The van der Waals surface area contributed by atoms with E-state index in [1.54, 1.807) is 25.1 Å². The molecule has 1 saturated heterocycles. The number of fused-ring (bicyclic) bond motifs is 1. The molecule has 1 aromatic carbocycles. The van der Waals surface area contributed by atoms with Crippen molar-refractivity contribution in [2.24, 2.45) is 0 Å². The summed E-state index contributed by atoms with van der Waals surface area (Å²) in [6, 6.07) is 4.38.